The predicted molar refractivity (Wildman–Crippen MR) is 163 cm³/mol. The normalized spacial score (nSPS) is 22.6. The highest BCUT2D eigenvalue weighted by Gasteiger charge is 2.45. The fourth-order valence-electron chi connectivity index (χ4n) is 6.77. The second-order valence-corrected chi connectivity index (χ2v) is 12.6. The lowest BCUT2D eigenvalue weighted by molar-refractivity contribution is -0.150. The molecule has 0 spiro atoms. The minimum atomic E-state index is -0.766. The van der Waals surface area contributed by atoms with Crippen molar-refractivity contribution in [3.05, 3.63) is 65.2 Å². The minimum Gasteiger partial charge on any atom is -0.483 e. The number of unbranched alkanes of at least 4 members (excludes halogenated alkanes) is 2. The molecule has 230 valence electrons. The predicted octanol–water partition coefficient (Wildman–Crippen LogP) is 5.38. The molecule has 7 heteroatoms. The van der Waals surface area contributed by atoms with E-state index in [1.807, 2.05) is 56.3 Å². The molecule has 4 rings (SSSR count). The summed E-state index contributed by atoms with van der Waals surface area (Å²) in [7, 11) is 0. The van der Waals surface area contributed by atoms with Crippen LogP contribution >= 0.6 is 0 Å². The Bertz CT molecular complexity index is 1150. The summed E-state index contributed by atoms with van der Waals surface area (Å²) in [6.45, 7) is 5.87. The molecule has 0 aromatic heterocycles. The van der Waals surface area contributed by atoms with Crippen molar-refractivity contribution in [3.63, 3.8) is 0 Å². The van der Waals surface area contributed by atoms with Crippen LogP contribution in [0.15, 0.2) is 48.5 Å². The number of nitrogens with one attached hydrogen (secondary N) is 1. The van der Waals surface area contributed by atoms with Gasteiger partial charge in [0.25, 0.3) is 5.91 Å². The molecule has 2 aliphatic carbocycles. The third kappa shape index (κ3) is 8.57. The van der Waals surface area contributed by atoms with E-state index in [1.165, 1.54) is 5.56 Å². The molecule has 2 aliphatic rings. The summed E-state index contributed by atoms with van der Waals surface area (Å²) >= 11 is 0. The van der Waals surface area contributed by atoms with E-state index >= 15 is 0 Å². The van der Waals surface area contributed by atoms with Crippen LogP contribution in [0, 0.1) is 23.7 Å². The van der Waals surface area contributed by atoms with Crippen LogP contribution in [0.1, 0.15) is 82.4 Å². The van der Waals surface area contributed by atoms with E-state index in [1.54, 1.807) is 0 Å². The largest absolute Gasteiger partial charge is 0.483 e. The Morgan fingerprint density at radius 2 is 1.81 bits per heavy atom. The zero-order chi connectivity index (χ0) is 30.1. The maximum atomic E-state index is 12.9. The average Bonchev–Trinajstić information content (AvgIpc) is 3.29. The lowest BCUT2D eigenvalue weighted by atomic mass is 9.73. The lowest BCUT2D eigenvalue weighted by Gasteiger charge is -2.32. The highest BCUT2D eigenvalue weighted by atomic mass is 16.5. The maximum absolute atomic E-state index is 12.9. The smallest absolute Gasteiger partial charge is 0.329 e. The molecule has 0 saturated heterocycles. The molecule has 1 amide bonds. The number of aliphatic hydroxyl groups is 2. The van der Waals surface area contributed by atoms with Crippen LogP contribution in [0.3, 0.4) is 0 Å². The zero-order valence-electron chi connectivity index (χ0n) is 25.5. The van der Waals surface area contributed by atoms with Crippen molar-refractivity contribution in [3.8, 4) is 5.75 Å². The first-order chi connectivity index (χ1) is 20.3. The van der Waals surface area contributed by atoms with Gasteiger partial charge in [-0.2, -0.15) is 0 Å². The molecule has 0 bridgehead atoms. The number of carbonyl (C=O) groups excluding carboxylic acids is 2. The second-order valence-electron chi connectivity index (χ2n) is 12.6. The van der Waals surface area contributed by atoms with Crippen LogP contribution in [0.4, 0.5) is 0 Å². The summed E-state index contributed by atoms with van der Waals surface area (Å²) in [6, 6.07) is 14.7. The molecule has 0 radical (unpaired) electrons. The number of ether oxygens (including phenoxy) is 2. The topological polar surface area (TPSA) is 105 Å². The van der Waals surface area contributed by atoms with Crippen LogP contribution in [-0.4, -0.2) is 46.9 Å². The molecule has 42 heavy (non-hydrogen) atoms. The molecule has 1 saturated carbocycles. The zero-order valence-corrected chi connectivity index (χ0v) is 25.5. The summed E-state index contributed by atoms with van der Waals surface area (Å²) in [4.78, 5) is 25.6. The Kier molecular flexibility index (Phi) is 11.8. The standard InChI is InChI=1S/C35H49NO6/c1-4-5-7-14-27(37)16-17-28-29-18-25-13-10-15-32(30(25)19-26(29)20-31(28)38)41-22-33(39)36-34(23(2)3)35(40)42-21-24-11-8-6-9-12-24/h6,8-13,15,23,26-29,31,34,37-38H,4-5,7,14,16-22H2,1-3H3,(H,36,39)/t26-,27-,28+,29-,31+,34?/m0/s1. The van der Waals surface area contributed by atoms with Crippen LogP contribution < -0.4 is 10.1 Å². The van der Waals surface area contributed by atoms with Crippen molar-refractivity contribution >= 4 is 11.9 Å². The summed E-state index contributed by atoms with van der Waals surface area (Å²) in [5.41, 5.74) is 3.21. The van der Waals surface area contributed by atoms with Crippen molar-refractivity contribution in [2.75, 3.05) is 6.61 Å². The van der Waals surface area contributed by atoms with Gasteiger partial charge in [-0.1, -0.05) is 82.5 Å². The van der Waals surface area contributed by atoms with E-state index in [9.17, 15) is 19.8 Å². The van der Waals surface area contributed by atoms with Crippen molar-refractivity contribution in [1.82, 2.24) is 5.32 Å². The number of amides is 1. The van der Waals surface area contributed by atoms with Crippen LogP contribution in [0.2, 0.25) is 0 Å². The van der Waals surface area contributed by atoms with Crippen molar-refractivity contribution < 1.29 is 29.3 Å². The SMILES string of the molecule is CCCCC[C@H](O)CC[C@@H]1[C@H]2Cc3cccc(OCC(=O)NC(C(=O)OCc4ccccc4)C(C)C)c3C[C@H]2C[C@H]1O. The Hall–Kier alpha value is -2.90. The van der Waals surface area contributed by atoms with Crippen molar-refractivity contribution in [1.29, 1.82) is 0 Å². The van der Waals surface area contributed by atoms with Gasteiger partial charge in [0.05, 0.1) is 12.2 Å². The number of esters is 1. The van der Waals surface area contributed by atoms with Crippen LogP contribution in [0.25, 0.3) is 0 Å². The first-order valence-corrected chi connectivity index (χ1v) is 15.9. The molecule has 3 N–H and O–H groups in total. The van der Waals surface area contributed by atoms with Gasteiger partial charge in [0.15, 0.2) is 6.61 Å². The van der Waals surface area contributed by atoms with Gasteiger partial charge in [-0.25, -0.2) is 4.79 Å². The Labute approximate surface area is 251 Å². The fraction of sp³-hybridized carbons (Fsp3) is 0.600. The molecule has 7 nitrogen and oxygen atoms in total. The highest BCUT2D eigenvalue weighted by molar-refractivity contribution is 5.85. The number of benzene rings is 2. The Balaban J connectivity index is 1.31. The molecular weight excluding hydrogens is 530 g/mol. The van der Waals surface area contributed by atoms with Gasteiger partial charge in [0, 0.05) is 0 Å². The van der Waals surface area contributed by atoms with Crippen LogP contribution in [0.5, 0.6) is 5.75 Å². The second kappa shape index (κ2) is 15.5. The lowest BCUT2D eigenvalue weighted by Crippen LogP contribution is -2.47. The number of carbonyl (C=O) groups is 2. The van der Waals surface area contributed by atoms with Crippen molar-refractivity contribution in [2.24, 2.45) is 23.7 Å². The molecule has 0 heterocycles. The van der Waals surface area contributed by atoms with Gasteiger partial charge in [0.1, 0.15) is 18.4 Å². The maximum Gasteiger partial charge on any atom is 0.329 e. The number of fused-ring (bicyclic) bond motifs is 2. The molecule has 2 aromatic carbocycles. The Morgan fingerprint density at radius 1 is 1.02 bits per heavy atom. The van der Waals surface area contributed by atoms with E-state index in [0.29, 0.717) is 17.6 Å². The molecule has 2 aromatic rings. The van der Waals surface area contributed by atoms with Gasteiger partial charge < -0.3 is 25.0 Å². The number of rotatable bonds is 15. The first-order valence-electron chi connectivity index (χ1n) is 15.9. The van der Waals surface area contributed by atoms with Gasteiger partial charge in [-0.3, -0.25) is 4.79 Å². The molecule has 1 fully saturated rings. The van der Waals surface area contributed by atoms with Gasteiger partial charge in [-0.05, 0) is 85.0 Å². The summed E-state index contributed by atoms with van der Waals surface area (Å²) in [5.74, 6) is 0.671. The van der Waals surface area contributed by atoms with Gasteiger partial charge >= 0.3 is 5.97 Å². The average molecular weight is 580 g/mol. The van der Waals surface area contributed by atoms with Gasteiger partial charge in [-0.15, -0.1) is 0 Å². The number of hydrogen-bond donors (Lipinski definition) is 3. The third-order valence-corrected chi connectivity index (χ3v) is 9.14. The minimum absolute atomic E-state index is 0.141. The monoisotopic (exact) mass is 579 g/mol. The summed E-state index contributed by atoms with van der Waals surface area (Å²) in [5, 5.41) is 24.2. The molecule has 0 aliphatic heterocycles. The Morgan fingerprint density at radius 3 is 2.55 bits per heavy atom. The first kappa shape index (κ1) is 32.0. The van der Waals surface area contributed by atoms with Crippen LogP contribution in [-0.2, 0) is 33.8 Å². The molecule has 6 atom stereocenters. The third-order valence-electron chi connectivity index (χ3n) is 9.14. The quantitative estimate of drug-likeness (QED) is 0.193. The summed E-state index contributed by atoms with van der Waals surface area (Å²) < 4.78 is 11.5. The fourth-order valence-corrected chi connectivity index (χ4v) is 6.77. The summed E-state index contributed by atoms with van der Waals surface area (Å²) in [6.07, 6.45) is 7.61. The molecule has 1 unspecified atom stereocenters. The van der Waals surface area contributed by atoms with Gasteiger partial charge in [0.2, 0.25) is 0 Å². The van der Waals surface area contributed by atoms with E-state index in [2.05, 4.69) is 18.3 Å². The van der Waals surface area contributed by atoms with E-state index in [0.717, 1.165) is 68.9 Å². The van der Waals surface area contributed by atoms with E-state index in [4.69, 9.17) is 9.47 Å². The highest BCUT2D eigenvalue weighted by Crippen LogP contribution is 2.48. The van der Waals surface area contributed by atoms with E-state index in [-0.39, 0.29) is 43.2 Å². The number of aliphatic hydroxyl groups excluding tert-OH is 2. The number of hydrogen-bond acceptors (Lipinski definition) is 6. The van der Waals surface area contributed by atoms with Crippen molar-refractivity contribution in [2.45, 2.75) is 103 Å². The molecular formula is C35H49NO6. The van der Waals surface area contributed by atoms with E-state index < -0.39 is 12.0 Å².